The molecule has 0 saturated heterocycles. The molecule has 0 radical (unpaired) electrons. The molecule has 0 amide bonds. The van der Waals surface area contributed by atoms with E-state index >= 15 is 0 Å². The minimum absolute atomic E-state index is 0.0341. The number of hydrogen-bond acceptors (Lipinski definition) is 3. The van der Waals surface area contributed by atoms with E-state index in [0.29, 0.717) is 0 Å². The Balaban J connectivity index is 3.56. The van der Waals surface area contributed by atoms with Crippen molar-refractivity contribution in [3.8, 4) is 11.5 Å². The highest BCUT2D eigenvalue weighted by Crippen LogP contribution is 2.36. The molecule has 6 heteroatoms. The minimum atomic E-state index is -1.46. The van der Waals surface area contributed by atoms with E-state index < -0.39 is 28.8 Å². The summed E-state index contributed by atoms with van der Waals surface area (Å²) >= 11 is 2.82. The topological polar surface area (TPSA) is 66.8 Å². The molecule has 0 aliphatic heterocycles. The molecule has 0 aliphatic rings. The van der Waals surface area contributed by atoms with E-state index in [4.69, 9.17) is 5.11 Å². The number of ether oxygens (including phenoxy) is 1. The first-order valence-electron chi connectivity index (χ1n) is 3.47. The third-order valence-corrected chi connectivity index (χ3v) is 2.18. The second-order valence-electron chi connectivity index (χ2n) is 2.40. The standard InChI is InChI=1S/C8H6BrFO4/c1-14-7-4(10)2-3(9)6(11)5(7)8(12)13/h2,11H,1H3,(H,12,13). The van der Waals surface area contributed by atoms with Gasteiger partial charge in [0.05, 0.1) is 11.6 Å². The van der Waals surface area contributed by atoms with Gasteiger partial charge in [-0.25, -0.2) is 9.18 Å². The van der Waals surface area contributed by atoms with Crippen molar-refractivity contribution in [3.63, 3.8) is 0 Å². The Morgan fingerprint density at radius 3 is 2.64 bits per heavy atom. The van der Waals surface area contributed by atoms with Crippen LogP contribution in [-0.2, 0) is 0 Å². The molecule has 4 nitrogen and oxygen atoms in total. The molecule has 0 heterocycles. The van der Waals surface area contributed by atoms with Crippen LogP contribution in [0.2, 0.25) is 0 Å². The fourth-order valence-electron chi connectivity index (χ4n) is 0.990. The van der Waals surface area contributed by atoms with Crippen molar-refractivity contribution in [3.05, 3.63) is 21.9 Å². The van der Waals surface area contributed by atoms with Crippen LogP contribution in [0.4, 0.5) is 4.39 Å². The highest BCUT2D eigenvalue weighted by Gasteiger charge is 2.22. The first-order chi connectivity index (χ1) is 6.49. The zero-order chi connectivity index (χ0) is 10.9. The second kappa shape index (κ2) is 3.83. The van der Waals surface area contributed by atoms with Gasteiger partial charge in [0, 0.05) is 0 Å². The number of halogens is 2. The fraction of sp³-hybridized carbons (Fsp3) is 0.125. The number of rotatable bonds is 2. The summed E-state index contributed by atoms with van der Waals surface area (Å²) in [5.74, 6) is -3.36. The van der Waals surface area contributed by atoms with E-state index in [1.807, 2.05) is 0 Å². The largest absolute Gasteiger partial charge is 0.506 e. The van der Waals surface area contributed by atoms with Gasteiger partial charge in [0.2, 0.25) is 0 Å². The maximum atomic E-state index is 13.1. The Morgan fingerprint density at radius 1 is 1.64 bits per heavy atom. The molecule has 1 aromatic carbocycles. The zero-order valence-corrected chi connectivity index (χ0v) is 8.63. The Kier molecular flexibility index (Phi) is 2.95. The molecule has 0 unspecified atom stereocenters. The summed E-state index contributed by atoms with van der Waals surface area (Å²) in [6, 6.07) is 0.931. The number of phenols is 1. The van der Waals surface area contributed by atoms with Crippen LogP contribution in [0.1, 0.15) is 10.4 Å². The quantitative estimate of drug-likeness (QED) is 0.858. The van der Waals surface area contributed by atoms with Crippen LogP contribution in [0.5, 0.6) is 11.5 Å². The van der Waals surface area contributed by atoms with Gasteiger partial charge in [0.1, 0.15) is 11.3 Å². The molecular weight excluding hydrogens is 259 g/mol. The van der Waals surface area contributed by atoms with Crippen molar-refractivity contribution in [2.24, 2.45) is 0 Å². The summed E-state index contributed by atoms with van der Waals surface area (Å²) in [7, 11) is 1.12. The van der Waals surface area contributed by atoms with E-state index in [2.05, 4.69) is 20.7 Å². The number of benzene rings is 1. The number of methoxy groups -OCH3 is 1. The Hall–Kier alpha value is -1.30. The van der Waals surface area contributed by atoms with Gasteiger partial charge in [-0.1, -0.05) is 0 Å². The smallest absolute Gasteiger partial charge is 0.343 e. The predicted octanol–water partition coefficient (Wildman–Crippen LogP) is 2.00. The van der Waals surface area contributed by atoms with Gasteiger partial charge in [-0.3, -0.25) is 0 Å². The van der Waals surface area contributed by atoms with Crippen molar-refractivity contribution in [1.29, 1.82) is 0 Å². The van der Waals surface area contributed by atoms with Crippen LogP contribution in [0.3, 0.4) is 0 Å². The van der Waals surface area contributed by atoms with Gasteiger partial charge in [-0.15, -0.1) is 0 Å². The van der Waals surface area contributed by atoms with Crippen LogP contribution in [0, 0.1) is 5.82 Å². The molecule has 0 saturated carbocycles. The van der Waals surface area contributed by atoms with Crippen molar-refractivity contribution in [2.45, 2.75) is 0 Å². The molecule has 0 fully saturated rings. The summed E-state index contributed by atoms with van der Waals surface area (Å²) in [6.07, 6.45) is 0. The van der Waals surface area contributed by atoms with E-state index in [-0.39, 0.29) is 4.47 Å². The van der Waals surface area contributed by atoms with Gasteiger partial charge in [0.15, 0.2) is 11.6 Å². The van der Waals surface area contributed by atoms with Crippen molar-refractivity contribution in [2.75, 3.05) is 7.11 Å². The lowest BCUT2D eigenvalue weighted by atomic mass is 10.1. The number of carbonyl (C=O) groups is 1. The third kappa shape index (κ3) is 1.65. The predicted molar refractivity (Wildman–Crippen MR) is 49.3 cm³/mol. The molecular formula is C8H6BrFO4. The van der Waals surface area contributed by atoms with Gasteiger partial charge in [-0.05, 0) is 22.0 Å². The van der Waals surface area contributed by atoms with Gasteiger partial charge < -0.3 is 14.9 Å². The number of hydrogen-bond donors (Lipinski definition) is 2. The fourth-order valence-corrected chi connectivity index (χ4v) is 1.39. The molecule has 1 rings (SSSR count). The van der Waals surface area contributed by atoms with Crippen LogP contribution in [-0.4, -0.2) is 23.3 Å². The van der Waals surface area contributed by atoms with E-state index in [0.717, 1.165) is 13.2 Å². The molecule has 0 spiro atoms. The number of carboxylic acid groups (broad SMARTS) is 1. The van der Waals surface area contributed by atoms with Crippen molar-refractivity contribution in [1.82, 2.24) is 0 Å². The normalized spacial score (nSPS) is 9.93. The third-order valence-electron chi connectivity index (χ3n) is 1.58. The lowest BCUT2D eigenvalue weighted by molar-refractivity contribution is 0.0688. The summed E-state index contributed by atoms with van der Waals surface area (Å²) < 4.78 is 17.6. The Bertz CT molecular complexity index is 391. The summed E-state index contributed by atoms with van der Waals surface area (Å²) in [5, 5.41) is 18.0. The minimum Gasteiger partial charge on any atom is -0.506 e. The Labute approximate surface area is 87.1 Å². The summed E-state index contributed by atoms with van der Waals surface area (Å²) in [6.45, 7) is 0. The molecule has 2 N–H and O–H groups in total. The summed E-state index contributed by atoms with van der Waals surface area (Å²) in [4.78, 5) is 10.7. The van der Waals surface area contributed by atoms with Gasteiger partial charge in [-0.2, -0.15) is 0 Å². The monoisotopic (exact) mass is 264 g/mol. The SMILES string of the molecule is COc1c(F)cc(Br)c(O)c1C(=O)O. The Morgan fingerprint density at radius 2 is 2.21 bits per heavy atom. The molecule has 0 aromatic heterocycles. The van der Waals surface area contributed by atoms with Crippen molar-refractivity contribution >= 4 is 21.9 Å². The summed E-state index contributed by atoms with van der Waals surface area (Å²) in [5.41, 5.74) is -0.598. The van der Waals surface area contributed by atoms with E-state index in [1.54, 1.807) is 0 Å². The molecule has 0 aliphatic carbocycles. The number of aromatic carboxylic acids is 1. The van der Waals surface area contributed by atoms with Crippen molar-refractivity contribution < 1.29 is 24.1 Å². The number of carboxylic acids is 1. The highest BCUT2D eigenvalue weighted by molar-refractivity contribution is 9.10. The highest BCUT2D eigenvalue weighted by atomic mass is 79.9. The first-order valence-corrected chi connectivity index (χ1v) is 4.26. The average molecular weight is 265 g/mol. The van der Waals surface area contributed by atoms with Gasteiger partial charge in [0.25, 0.3) is 0 Å². The maximum absolute atomic E-state index is 13.1. The van der Waals surface area contributed by atoms with Crippen LogP contribution in [0.25, 0.3) is 0 Å². The maximum Gasteiger partial charge on any atom is 0.343 e. The van der Waals surface area contributed by atoms with Crippen LogP contribution in [0.15, 0.2) is 10.5 Å². The van der Waals surface area contributed by atoms with Crippen LogP contribution >= 0.6 is 15.9 Å². The molecule has 14 heavy (non-hydrogen) atoms. The average Bonchev–Trinajstić information content (AvgIpc) is 2.10. The van der Waals surface area contributed by atoms with Gasteiger partial charge >= 0.3 is 5.97 Å². The first kappa shape index (κ1) is 10.8. The van der Waals surface area contributed by atoms with E-state index in [1.165, 1.54) is 0 Å². The zero-order valence-electron chi connectivity index (χ0n) is 7.04. The molecule has 76 valence electrons. The molecule has 0 atom stereocenters. The lowest BCUT2D eigenvalue weighted by Crippen LogP contribution is -2.03. The second-order valence-corrected chi connectivity index (χ2v) is 3.26. The molecule has 0 bridgehead atoms. The molecule has 1 aromatic rings. The van der Waals surface area contributed by atoms with Crippen LogP contribution < -0.4 is 4.74 Å². The van der Waals surface area contributed by atoms with E-state index in [9.17, 15) is 14.3 Å². The number of aromatic hydroxyl groups is 1. The lowest BCUT2D eigenvalue weighted by Gasteiger charge is -2.08.